The lowest BCUT2D eigenvalue weighted by Crippen LogP contribution is -2.15. The summed E-state index contributed by atoms with van der Waals surface area (Å²) in [7, 11) is 1.59. The highest BCUT2D eigenvalue weighted by atomic mass is 16.5. The van der Waals surface area contributed by atoms with Crippen molar-refractivity contribution in [2.45, 2.75) is 26.9 Å². The Morgan fingerprint density at radius 2 is 1.78 bits per heavy atom. The highest BCUT2D eigenvalue weighted by Gasteiger charge is 2.13. The van der Waals surface area contributed by atoms with E-state index in [2.05, 4.69) is 0 Å². The topological polar surface area (TPSA) is 52.6 Å². The van der Waals surface area contributed by atoms with Gasteiger partial charge in [0.25, 0.3) is 0 Å². The molecule has 0 aromatic heterocycles. The van der Waals surface area contributed by atoms with E-state index in [0.29, 0.717) is 0 Å². The molecule has 0 saturated heterocycles. The van der Waals surface area contributed by atoms with Crippen molar-refractivity contribution in [3.63, 3.8) is 0 Å². The summed E-state index contributed by atoms with van der Waals surface area (Å²) < 4.78 is 10.0. The number of rotatable bonds is 6. The van der Waals surface area contributed by atoms with Gasteiger partial charge in [0.2, 0.25) is 0 Å². The predicted octanol–water partition coefficient (Wildman–Crippen LogP) is 2.35. The zero-order valence-electron chi connectivity index (χ0n) is 10.9. The molecule has 1 aromatic rings. The number of ketones is 1. The molecule has 1 aromatic carbocycles. The first-order chi connectivity index (χ1) is 8.52. The van der Waals surface area contributed by atoms with Crippen LogP contribution in [-0.2, 0) is 20.9 Å². The Bertz CT molecular complexity index is 406. The first kappa shape index (κ1) is 14.2. The molecule has 0 aliphatic carbocycles. The van der Waals surface area contributed by atoms with Gasteiger partial charge in [0.05, 0.1) is 7.11 Å². The number of hydrogen-bond donors (Lipinski definition) is 0. The Morgan fingerprint density at radius 1 is 1.17 bits per heavy atom. The molecule has 0 amide bonds. The molecule has 18 heavy (non-hydrogen) atoms. The van der Waals surface area contributed by atoms with Gasteiger partial charge in [-0.25, -0.2) is 0 Å². The third kappa shape index (κ3) is 4.57. The van der Waals surface area contributed by atoms with Crippen LogP contribution in [0.1, 0.15) is 25.8 Å². The molecule has 0 radical (unpaired) electrons. The fourth-order valence-electron chi connectivity index (χ4n) is 1.28. The van der Waals surface area contributed by atoms with Gasteiger partial charge in [-0.1, -0.05) is 26.0 Å². The first-order valence-corrected chi connectivity index (χ1v) is 5.84. The van der Waals surface area contributed by atoms with Crippen molar-refractivity contribution < 1.29 is 19.1 Å². The molecular formula is C14H18O4. The Balaban J connectivity index is 2.40. The lowest BCUT2D eigenvalue weighted by Gasteiger charge is -2.06. The number of carbonyl (C=O) groups excluding carboxylic acids is 2. The molecule has 98 valence electrons. The second-order valence-corrected chi connectivity index (χ2v) is 4.31. The van der Waals surface area contributed by atoms with E-state index in [4.69, 9.17) is 9.47 Å². The maximum Gasteiger partial charge on any atom is 0.313 e. The van der Waals surface area contributed by atoms with Gasteiger partial charge in [0.1, 0.15) is 24.6 Å². The standard InChI is InChI=1S/C14H18O4/c1-10(2)13(15)8-14(16)18-9-11-4-6-12(17-3)7-5-11/h4-7,10H,8-9H2,1-3H3. The fraction of sp³-hybridized carbons (Fsp3) is 0.429. The summed E-state index contributed by atoms with van der Waals surface area (Å²) in [5.41, 5.74) is 0.862. The van der Waals surface area contributed by atoms with Gasteiger partial charge in [-0.3, -0.25) is 9.59 Å². The van der Waals surface area contributed by atoms with Crippen LogP contribution in [0.2, 0.25) is 0 Å². The molecule has 4 nitrogen and oxygen atoms in total. The summed E-state index contributed by atoms with van der Waals surface area (Å²) in [5.74, 6) is 0.0258. The average molecular weight is 250 g/mol. The SMILES string of the molecule is COc1ccc(COC(=O)CC(=O)C(C)C)cc1. The normalized spacial score (nSPS) is 10.2. The van der Waals surface area contributed by atoms with Crippen molar-refractivity contribution in [2.75, 3.05) is 7.11 Å². The molecular weight excluding hydrogens is 232 g/mol. The highest BCUT2D eigenvalue weighted by Crippen LogP contribution is 2.12. The van der Waals surface area contributed by atoms with Crippen LogP contribution in [0.5, 0.6) is 5.75 Å². The predicted molar refractivity (Wildman–Crippen MR) is 67.3 cm³/mol. The number of ether oxygens (including phenoxy) is 2. The van der Waals surface area contributed by atoms with Crippen LogP contribution < -0.4 is 4.74 Å². The van der Waals surface area contributed by atoms with E-state index in [1.165, 1.54) is 0 Å². The lowest BCUT2D eigenvalue weighted by molar-refractivity contribution is -0.147. The zero-order chi connectivity index (χ0) is 13.5. The minimum atomic E-state index is -0.482. The fourth-order valence-corrected chi connectivity index (χ4v) is 1.28. The van der Waals surface area contributed by atoms with Crippen LogP contribution in [0, 0.1) is 5.92 Å². The van der Waals surface area contributed by atoms with E-state index in [1.807, 2.05) is 12.1 Å². The van der Waals surface area contributed by atoms with Crippen molar-refractivity contribution >= 4 is 11.8 Å². The van der Waals surface area contributed by atoms with E-state index < -0.39 is 5.97 Å². The first-order valence-electron chi connectivity index (χ1n) is 5.84. The van der Waals surface area contributed by atoms with Gasteiger partial charge in [0.15, 0.2) is 0 Å². The zero-order valence-corrected chi connectivity index (χ0v) is 10.9. The molecule has 0 aliphatic heterocycles. The highest BCUT2D eigenvalue weighted by molar-refractivity contribution is 5.96. The Morgan fingerprint density at radius 3 is 2.28 bits per heavy atom. The third-order valence-corrected chi connectivity index (χ3v) is 2.52. The molecule has 0 atom stereocenters. The number of carbonyl (C=O) groups is 2. The molecule has 1 rings (SSSR count). The van der Waals surface area contributed by atoms with Crippen LogP contribution in [-0.4, -0.2) is 18.9 Å². The van der Waals surface area contributed by atoms with Gasteiger partial charge in [0, 0.05) is 5.92 Å². The van der Waals surface area contributed by atoms with Crippen molar-refractivity contribution in [2.24, 2.45) is 5.92 Å². The molecule has 0 spiro atoms. The Hall–Kier alpha value is -1.84. The quantitative estimate of drug-likeness (QED) is 0.574. The van der Waals surface area contributed by atoms with Crippen LogP contribution in [0.25, 0.3) is 0 Å². The van der Waals surface area contributed by atoms with Crippen molar-refractivity contribution in [1.29, 1.82) is 0 Å². The van der Waals surface area contributed by atoms with Gasteiger partial charge in [-0.15, -0.1) is 0 Å². The summed E-state index contributed by atoms with van der Waals surface area (Å²) in [6, 6.07) is 7.22. The summed E-state index contributed by atoms with van der Waals surface area (Å²) in [6.07, 6.45) is -0.159. The number of hydrogen-bond acceptors (Lipinski definition) is 4. The van der Waals surface area contributed by atoms with Crippen molar-refractivity contribution in [3.05, 3.63) is 29.8 Å². The largest absolute Gasteiger partial charge is 0.497 e. The molecule has 0 heterocycles. The molecule has 0 N–H and O–H groups in total. The lowest BCUT2D eigenvalue weighted by atomic mass is 10.1. The van der Waals surface area contributed by atoms with Crippen LogP contribution in [0.4, 0.5) is 0 Å². The summed E-state index contributed by atoms with van der Waals surface area (Å²) in [6.45, 7) is 3.70. The van der Waals surface area contributed by atoms with E-state index in [-0.39, 0.29) is 24.7 Å². The minimum absolute atomic E-state index is 0.102. The minimum Gasteiger partial charge on any atom is -0.497 e. The maximum absolute atomic E-state index is 11.4. The molecule has 0 unspecified atom stereocenters. The van der Waals surface area contributed by atoms with Gasteiger partial charge >= 0.3 is 5.97 Å². The molecule has 0 bridgehead atoms. The van der Waals surface area contributed by atoms with Crippen molar-refractivity contribution in [1.82, 2.24) is 0 Å². The van der Waals surface area contributed by atoms with E-state index in [0.717, 1.165) is 11.3 Å². The average Bonchev–Trinajstić information content (AvgIpc) is 2.36. The Labute approximate surface area is 107 Å². The molecule has 0 aliphatic rings. The second-order valence-electron chi connectivity index (χ2n) is 4.31. The number of esters is 1. The van der Waals surface area contributed by atoms with Crippen LogP contribution >= 0.6 is 0 Å². The third-order valence-electron chi connectivity index (χ3n) is 2.52. The summed E-state index contributed by atoms with van der Waals surface area (Å²) in [5, 5.41) is 0. The smallest absolute Gasteiger partial charge is 0.313 e. The molecule has 0 saturated carbocycles. The van der Waals surface area contributed by atoms with Crippen LogP contribution in [0.3, 0.4) is 0 Å². The van der Waals surface area contributed by atoms with E-state index >= 15 is 0 Å². The molecule has 0 fully saturated rings. The van der Waals surface area contributed by atoms with Crippen LogP contribution in [0.15, 0.2) is 24.3 Å². The summed E-state index contributed by atoms with van der Waals surface area (Å²) in [4.78, 5) is 22.7. The van der Waals surface area contributed by atoms with Crippen molar-refractivity contribution in [3.8, 4) is 5.75 Å². The number of Topliss-reactive ketones (excluding diaryl/α,β-unsaturated/α-hetero) is 1. The maximum atomic E-state index is 11.4. The monoisotopic (exact) mass is 250 g/mol. The van der Waals surface area contributed by atoms with Gasteiger partial charge in [-0.2, -0.15) is 0 Å². The van der Waals surface area contributed by atoms with E-state index in [1.54, 1.807) is 33.1 Å². The summed E-state index contributed by atoms with van der Waals surface area (Å²) >= 11 is 0. The Kier molecular flexibility index (Phi) is 5.36. The number of benzene rings is 1. The number of methoxy groups -OCH3 is 1. The second kappa shape index (κ2) is 6.79. The van der Waals surface area contributed by atoms with Gasteiger partial charge in [-0.05, 0) is 17.7 Å². The molecule has 4 heteroatoms. The van der Waals surface area contributed by atoms with Gasteiger partial charge < -0.3 is 9.47 Å². The van der Waals surface area contributed by atoms with E-state index in [9.17, 15) is 9.59 Å².